The molecule has 0 amide bonds. The molecule has 0 saturated carbocycles. The van der Waals surface area contributed by atoms with Gasteiger partial charge in [-0.25, -0.2) is 0 Å². The quantitative estimate of drug-likeness (QED) is 0.836. The van der Waals surface area contributed by atoms with Crippen LogP contribution in [0.5, 0.6) is 0 Å². The average molecular weight is 266 g/mol. The van der Waals surface area contributed by atoms with Gasteiger partial charge in [0.15, 0.2) is 5.78 Å². The molecular weight excluding hydrogens is 248 g/mol. The lowest BCUT2D eigenvalue weighted by Gasteiger charge is -2.14. The third-order valence-electron chi connectivity index (χ3n) is 3.17. The molecule has 0 aromatic heterocycles. The van der Waals surface area contributed by atoms with Crippen LogP contribution >= 0.6 is 0 Å². The Labute approximate surface area is 119 Å². The van der Waals surface area contributed by atoms with E-state index in [1.165, 1.54) is 0 Å². The summed E-state index contributed by atoms with van der Waals surface area (Å²) in [6, 6.07) is 18.8. The van der Waals surface area contributed by atoms with Crippen LogP contribution in [0, 0.1) is 0 Å². The Kier molecular flexibility index (Phi) is 4.85. The number of carbonyl (C=O) groups excluding carboxylic acids is 1. The number of aliphatic hydroxyl groups is 1. The second-order valence-corrected chi connectivity index (χ2v) is 4.60. The predicted octanol–water partition coefficient (Wildman–Crippen LogP) is 3.78. The van der Waals surface area contributed by atoms with E-state index in [1.807, 2.05) is 60.7 Å². The maximum atomic E-state index is 12.1. The van der Waals surface area contributed by atoms with Crippen LogP contribution in [0.1, 0.15) is 30.6 Å². The molecule has 102 valence electrons. The molecule has 0 aliphatic carbocycles. The van der Waals surface area contributed by atoms with Gasteiger partial charge >= 0.3 is 0 Å². The van der Waals surface area contributed by atoms with Crippen LogP contribution in [0.2, 0.25) is 0 Å². The van der Waals surface area contributed by atoms with Gasteiger partial charge in [0.05, 0.1) is 0 Å². The smallest absolute Gasteiger partial charge is 0.161 e. The van der Waals surface area contributed by atoms with E-state index in [9.17, 15) is 9.90 Å². The van der Waals surface area contributed by atoms with Crippen molar-refractivity contribution in [3.8, 4) is 0 Å². The molecule has 0 saturated heterocycles. The van der Waals surface area contributed by atoms with E-state index in [0.29, 0.717) is 12.0 Å². The number of Topliss-reactive ketones (excluding diaryl/α,β-unsaturated/α-hetero) is 1. The highest BCUT2D eigenvalue weighted by Crippen LogP contribution is 2.25. The summed E-state index contributed by atoms with van der Waals surface area (Å²) < 4.78 is 0. The zero-order valence-electron chi connectivity index (χ0n) is 11.5. The summed E-state index contributed by atoms with van der Waals surface area (Å²) in [6.45, 7) is 1.80. The highest BCUT2D eigenvalue weighted by atomic mass is 16.3. The summed E-state index contributed by atoms with van der Waals surface area (Å²) in [7, 11) is 0. The number of carbonyl (C=O) groups is 1. The fourth-order valence-electron chi connectivity index (χ4n) is 2.06. The highest BCUT2D eigenvalue weighted by Gasteiger charge is 2.18. The van der Waals surface area contributed by atoms with Gasteiger partial charge in [0, 0.05) is 12.0 Å². The van der Waals surface area contributed by atoms with E-state index in [-0.39, 0.29) is 5.78 Å². The summed E-state index contributed by atoms with van der Waals surface area (Å²) in [5.41, 5.74) is 2.08. The molecule has 20 heavy (non-hydrogen) atoms. The first-order chi connectivity index (χ1) is 9.72. The van der Waals surface area contributed by atoms with E-state index in [2.05, 4.69) is 0 Å². The lowest BCUT2D eigenvalue weighted by molar-refractivity contribution is -0.116. The Morgan fingerprint density at radius 2 is 1.60 bits per heavy atom. The van der Waals surface area contributed by atoms with Crippen molar-refractivity contribution in [1.29, 1.82) is 0 Å². The van der Waals surface area contributed by atoms with Crippen molar-refractivity contribution in [3.63, 3.8) is 0 Å². The van der Waals surface area contributed by atoms with Gasteiger partial charge in [-0.05, 0) is 17.2 Å². The van der Waals surface area contributed by atoms with Gasteiger partial charge in [-0.1, -0.05) is 67.6 Å². The normalized spacial score (nSPS) is 13.0. The van der Waals surface area contributed by atoms with Gasteiger partial charge in [-0.15, -0.1) is 0 Å². The SMILES string of the molecule is CCC(=O)/C(=C\c1ccccc1)C(O)c1ccccc1. The second-order valence-electron chi connectivity index (χ2n) is 4.60. The standard InChI is InChI=1S/C18H18O2/c1-2-17(19)16(13-14-9-5-3-6-10-14)18(20)15-11-7-4-8-12-15/h3-13,18,20H,2H2,1H3/b16-13+. The second kappa shape index (κ2) is 6.83. The molecule has 1 N–H and O–H groups in total. The molecule has 1 atom stereocenters. The third-order valence-corrected chi connectivity index (χ3v) is 3.17. The summed E-state index contributed by atoms with van der Waals surface area (Å²) in [5.74, 6) is -0.0368. The molecule has 2 aromatic carbocycles. The van der Waals surface area contributed by atoms with Crippen molar-refractivity contribution in [3.05, 3.63) is 77.4 Å². The molecule has 2 aromatic rings. The summed E-state index contributed by atoms with van der Waals surface area (Å²) >= 11 is 0. The zero-order valence-corrected chi connectivity index (χ0v) is 11.5. The van der Waals surface area contributed by atoms with Gasteiger partial charge in [0.25, 0.3) is 0 Å². The molecule has 0 spiro atoms. The number of hydrogen-bond acceptors (Lipinski definition) is 2. The Balaban J connectivity index is 2.38. The molecular formula is C18H18O2. The molecule has 0 bridgehead atoms. The largest absolute Gasteiger partial charge is 0.384 e. The van der Waals surface area contributed by atoms with Gasteiger partial charge in [-0.2, -0.15) is 0 Å². The van der Waals surface area contributed by atoms with Gasteiger partial charge in [-0.3, -0.25) is 4.79 Å². The monoisotopic (exact) mass is 266 g/mol. The summed E-state index contributed by atoms with van der Waals surface area (Å²) in [4.78, 5) is 12.1. The molecule has 0 heterocycles. The molecule has 0 radical (unpaired) electrons. The lowest BCUT2D eigenvalue weighted by atomic mass is 9.95. The topological polar surface area (TPSA) is 37.3 Å². The maximum Gasteiger partial charge on any atom is 0.161 e. The van der Waals surface area contributed by atoms with Crippen molar-refractivity contribution >= 4 is 11.9 Å². The molecule has 2 nitrogen and oxygen atoms in total. The van der Waals surface area contributed by atoms with Crippen LogP contribution in [0.25, 0.3) is 6.08 Å². The van der Waals surface area contributed by atoms with E-state index in [1.54, 1.807) is 13.0 Å². The fraction of sp³-hybridized carbons (Fsp3) is 0.167. The van der Waals surface area contributed by atoms with Crippen LogP contribution in [0.4, 0.5) is 0 Å². The molecule has 1 unspecified atom stereocenters. The first-order valence-electron chi connectivity index (χ1n) is 6.75. The fourth-order valence-corrected chi connectivity index (χ4v) is 2.06. The minimum atomic E-state index is -0.885. The number of aliphatic hydroxyl groups excluding tert-OH is 1. The van der Waals surface area contributed by atoms with E-state index in [4.69, 9.17) is 0 Å². The van der Waals surface area contributed by atoms with Crippen molar-refractivity contribution in [2.45, 2.75) is 19.4 Å². The van der Waals surface area contributed by atoms with Crippen molar-refractivity contribution < 1.29 is 9.90 Å². The Morgan fingerprint density at radius 3 is 2.15 bits per heavy atom. The number of ketones is 1. The average Bonchev–Trinajstić information content (AvgIpc) is 2.53. The highest BCUT2D eigenvalue weighted by molar-refractivity contribution is 6.00. The zero-order chi connectivity index (χ0) is 14.4. The van der Waals surface area contributed by atoms with E-state index < -0.39 is 6.10 Å². The molecule has 0 aliphatic heterocycles. The van der Waals surface area contributed by atoms with Gasteiger partial charge < -0.3 is 5.11 Å². The van der Waals surface area contributed by atoms with Gasteiger partial charge in [0.2, 0.25) is 0 Å². The number of rotatable bonds is 5. The molecule has 0 aliphatic rings. The van der Waals surface area contributed by atoms with Crippen molar-refractivity contribution in [2.75, 3.05) is 0 Å². The predicted molar refractivity (Wildman–Crippen MR) is 81.1 cm³/mol. The first kappa shape index (κ1) is 14.2. The van der Waals surface area contributed by atoms with Crippen molar-refractivity contribution in [2.24, 2.45) is 0 Å². The van der Waals surface area contributed by atoms with Crippen molar-refractivity contribution in [1.82, 2.24) is 0 Å². The number of hydrogen-bond donors (Lipinski definition) is 1. The van der Waals surface area contributed by atoms with Gasteiger partial charge in [0.1, 0.15) is 6.10 Å². The maximum absolute atomic E-state index is 12.1. The minimum absolute atomic E-state index is 0.0368. The van der Waals surface area contributed by atoms with E-state index in [0.717, 1.165) is 11.1 Å². The molecule has 2 heteroatoms. The van der Waals surface area contributed by atoms with Crippen LogP contribution in [0.15, 0.2) is 66.2 Å². The van der Waals surface area contributed by atoms with Crippen LogP contribution in [0.3, 0.4) is 0 Å². The van der Waals surface area contributed by atoms with Crippen LogP contribution < -0.4 is 0 Å². The Morgan fingerprint density at radius 1 is 1.05 bits per heavy atom. The summed E-state index contributed by atoms with van der Waals surface area (Å²) in [5, 5.41) is 10.5. The Hall–Kier alpha value is -2.19. The third kappa shape index (κ3) is 3.43. The van der Waals surface area contributed by atoms with Crippen LogP contribution in [-0.2, 0) is 4.79 Å². The Bertz CT molecular complexity index is 585. The lowest BCUT2D eigenvalue weighted by Crippen LogP contribution is -2.10. The summed E-state index contributed by atoms with van der Waals surface area (Å²) in [6.07, 6.45) is 1.26. The number of benzene rings is 2. The molecule has 2 rings (SSSR count). The van der Waals surface area contributed by atoms with Crippen LogP contribution in [-0.4, -0.2) is 10.9 Å². The minimum Gasteiger partial charge on any atom is -0.384 e. The van der Waals surface area contributed by atoms with E-state index >= 15 is 0 Å². The molecule has 0 fully saturated rings. The first-order valence-corrected chi connectivity index (χ1v) is 6.75.